The van der Waals surface area contributed by atoms with Crippen molar-refractivity contribution in [3.63, 3.8) is 0 Å². The van der Waals surface area contributed by atoms with Gasteiger partial charge in [0.2, 0.25) is 0 Å². The average Bonchev–Trinajstić information content (AvgIpc) is 3.43. The van der Waals surface area contributed by atoms with Crippen molar-refractivity contribution < 1.29 is 14.7 Å². The zero-order chi connectivity index (χ0) is 22.1. The highest BCUT2D eigenvalue weighted by Gasteiger charge is 2.46. The molecule has 2 aromatic heterocycles. The molecule has 0 aliphatic carbocycles. The fourth-order valence-corrected chi connectivity index (χ4v) is 4.19. The van der Waals surface area contributed by atoms with Crippen LogP contribution in [-0.2, 0) is 23.2 Å². The SMILES string of the molecule is Cc1nn(C)c(C)c1/C(O)=C1\C(=O)C(=O)N(CCCn2ccnc2)C1c1ccccc1. The van der Waals surface area contributed by atoms with E-state index in [9.17, 15) is 14.7 Å². The van der Waals surface area contributed by atoms with Crippen molar-refractivity contribution in [2.45, 2.75) is 32.9 Å². The molecule has 1 unspecified atom stereocenters. The van der Waals surface area contributed by atoms with Gasteiger partial charge in [0, 0.05) is 38.2 Å². The van der Waals surface area contributed by atoms with Crippen LogP contribution >= 0.6 is 0 Å². The second-order valence-corrected chi connectivity index (χ2v) is 7.73. The first-order chi connectivity index (χ1) is 14.9. The summed E-state index contributed by atoms with van der Waals surface area (Å²) in [5.74, 6) is -1.44. The standard InChI is InChI=1S/C23H25N5O3/c1-15-18(16(2)26(3)25-15)21(29)19-20(17-8-5-4-6-9-17)28(23(31)22(19)30)12-7-11-27-13-10-24-14-27/h4-6,8-10,13-14,20,29H,7,11-12H2,1-3H3/b21-19+. The summed E-state index contributed by atoms with van der Waals surface area (Å²) in [5.41, 5.74) is 2.73. The lowest BCUT2D eigenvalue weighted by Crippen LogP contribution is -2.31. The Morgan fingerprint density at radius 2 is 1.87 bits per heavy atom. The lowest BCUT2D eigenvalue weighted by molar-refractivity contribution is -0.139. The minimum Gasteiger partial charge on any atom is -0.507 e. The number of nitrogens with zero attached hydrogens (tertiary/aromatic N) is 5. The van der Waals surface area contributed by atoms with Crippen molar-refractivity contribution in [1.29, 1.82) is 0 Å². The summed E-state index contributed by atoms with van der Waals surface area (Å²) >= 11 is 0. The van der Waals surface area contributed by atoms with Crippen LogP contribution in [0.3, 0.4) is 0 Å². The molecular weight excluding hydrogens is 394 g/mol. The number of aromatic nitrogens is 4. The molecule has 1 saturated heterocycles. The van der Waals surface area contributed by atoms with E-state index in [1.807, 2.05) is 48.0 Å². The normalized spacial score (nSPS) is 18.2. The van der Waals surface area contributed by atoms with E-state index in [0.717, 1.165) is 11.3 Å². The van der Waals surface area contributed by atoms with Gasteiger partial charge in [-0.3, -0.25) is 14.3 Å². The van der Waals surface area contributed by atoms with Gasteiger partial charge in [-0.1, -0.05) is 30.3 Å². The minimum atomic E-state index is -0.670. The molecule has 1 amide bonds. The number of rotatable bonds is 6. The molecule has 3 heterocycles. The van der Waals surface area contributed by atoms with E-state index in [4.69, 9.17) is 0 Å². The highest BCUT2D eigenvalue weighted by Crippen LogP contribution is 2.40. The van der Waals surface area contributed by atoms with Crippen molar-refractivity contribution in [1.82, 2.24) is 24.2 Å². The molecular formula is C23H25N5O3. The van der Waals surface area contributed by atoms with E-state index >= 15 is 0 Å². The molecule has 4 rings (SSSR count). The first-order valence-electron chi connectivity index (χ1n) is 10.2. The molecule has 3 aromatic rings. The Morgan fingerprint density at radius 3 is 2.48 bits per heavy atom. The average molecular weight is 419 g/mol. The maximum atomic E-state index is 13.1. The van der Waals surface area contributed by atoms with Crippen molar-refractivity contribution in [3.8, 4) is 0 Å². The fraction of sp³-hybridized carbons (Fsp3) is 0.304. The van der Waals surface area contributed by atoms with Gasteiger partial charge in [0.1, 0.15) is 5.76 Å². The number of aliphatic hydroxyl groups excluding tert-OH is 1. The Balaban J connectivity index is 1.76. The maximum absolute atomic E-state index is 13.1. The van der Waals surface area contributed by atoms with Crippen LogP contribution in [0.15, 0.2) is 54.6 Å². The summed E-state index contributed by atoms with van der Waals surface area (Å²) < 4.78 is 3.58. The van der Waals surface area contributed by atoms with Crippen molar-refractivity contribution in [2.75, 3.05) is 6.54 Å². The molecule has 1 aromatic carbocycles. The number of imidazole rings is 1. The number of amides is 1. The maximum Gasteiger partial charge on any atom is 0.295 e. The lowest BCUT2D eigenvalue weighted by atomic mass is 9.94. The number of benzene rings is 1. The number of aliphatic hydroxyl groups is 1. The van der Waals surface area contributed by atoms with Crippen LogP contribution in [0, 0.1) is 13.8 Å². The highest BCUT2D eigenvalue weighted by molar-refractivity contribution is 6.46. The molecule has 0 saturated carbocycles. The summed E-state index contributed by atoms with van der Waals surface area (Å²) in [6, 6.07) is 8.70. The molecule has 0 radical (unpaired) electrons. The topological polar surface area (TPSA) is 93.2 Å². The Morgan fingerprint density at radius 1 is 1.13 bits per heavy atom. The van der Waals surface area contributed by atoms with Gasteiger partial charge in [-0.05, 0) is 25.8 Å². The predicted molar refractivity (Wildman–Crippen MR) is 115 cm³/mol. The van der Waals surface area contributed by atoms with Gasteiger partial charge in [0.25, 0.3) is 11.7 Å². The predicted octanol–water partition coefficient (Wildman–Crippen LogP) is 2.75. The number of aryl methyl sites for hydroxylation is 3. The number of carbonyl (C=O) groups excluding carboxylic acids is 2. The fourth-order valence-electron chi connectivity index (χ4n) is 4.19. The van der Waals surface area contributed by atoms with Gasteiger partial charge in [-0.2, -0.15) is 5.10 Å². The van der Waals surface area contributed by atoms with E-state index in [2.05, 4.69) is 10.1 Å². The van der Waals surface area contributed by atoms with Crippen molar-refractivity contribution in [2.24, 2.45) is 7.05 Å². The Labute approximate surface area is 180 Å². The summed E-state index contributed by atoms with van der Waals surface area (Å²) in [5, 5.41) is 15.6. The van der Waals surface area contributed by atoms with Crippen molar-refractivity contribution >= 4 is 17.4 Å². The zero-order valence-corrected chi connectivity index (χ0v) is 17.8. The van der Waals surface area contributed by atoms with Crippen LogP contribution < -0.4 is 0 Å². The third-order valence-electron chi connectivity index (χ3n) is 5.78. The van der Waals surface area contributed by atoms with E-state index in [-0.39, 0.29) is 11.3 Å². The largest absolute Gasteiger partial charge is 0.507 e. The Kier molecular flexibility index (Phi) is 5.46. The summed E-state index contributed by atoms with van der Waals surface area (Å²) in [7, 11) is 1.78. The van der Waals surface area contributed by atoms with Crippen LogP contribution in [0.2, 0.25) is 0 Å². The third kappa shape index (κ3) is 3.65. The number of carbonyl (C=O) groups is 2. The van der Waals surface area contributed by atoms with Gasteiger partial charge in [0.15, 0.2) is 0 Å². The smallest absolute Gasteiger partial charge is 0.295 e. The molecule has 1 N–H and O–H groups in total. The number of hydrogen-bond acceptors (Lipinski definition) is 5. The molecule has 1 atom stereocenters. The van der Waals surface area contributed by atoms with Gasteiger partial charge in [-0.25, -0.2) is 4.98 Å². The Hall–Kier alpha value is -3.68. The monoisotopic (exact) mass is 419 g/mol. The molecule has 1 aliphatic heterocycles. The van der Waals surface area contributed by atoms with Gasteiger partial charge < -0.3 is 14.6 Å². The number of likely N-dealkylation sites (tertiary alicyclic amines) is 1. The molecule has 8 heteroatoms. The van der Waals surface area contributed by atoms with Crippen LogP contribution in [0.25, 0.3) is 5.76 Å². The van der Waals surface area contributed by atoms with E-state index < -0.39 is 17.7 Å². The number of ketones is 1. The Bertz CT molecular complexity index is 1150. The number of hydrogen-bond donors (Lipinski definition) is 1. The van der Waals surface area contributed by atoms with Crippen molar-refractivity contribution in [3.05, 3.63) is 77.1 Å². The zero-order valence-electron chi connectivity index (χ0n) is 17.8. The van der Waals surface area contributed by atoms with E-state index in [1.165, 1.54) is 0 Å². The van der Waals surface area contributed by atoms with Gasteiger partial charge >= 0.3 is 0 Å². The lowest BCUT2D eigenvalue weighted by Gasteiger charge is -2.25. The van der Waals surface area contributed by atoms with Crippen LogP contribution in [0.4, 0.5) is 0 Å². The summed E-state index contributed by atoms with van der Waals surface area (Å²) in [6.45, 7) is 4.66. The first-order valence-corrected chi connectivity index (χ1v) is 10.2. The van der Waals surface area contributed by atoms with Crippen LogP contribution in [0.1, 0.15) is 35.0 Å². The van der Waals surface area contributed by atoms with E-state index in [1.54, 1.807) is 36.1 Å². The minimum absolute atomic E-state index is 0.109. The molecule has 1 fully saturated rings. The second-order valence-electron chi connectivity index (χ2n) is 7.73. The summed E-state index contributed by atoms with van der Waals surface area (Å²) in [6.07, 6.45) is 5.93. The molecule has 0 bridgehead atoms. The molecule has 0 spiro atoms. The first kappa shape index (κ1) is 20.6. The van der Waals surface area contributed by atoms with Gasteiger partial charge in [0.05, 0.1) is 29.2 Å². The number of Topliss-reactive ketones (excluding diaryl/α,β-unsaturated/α-hetero) is 1. The van der Waals surface area contributed by atoms with Gasteiger partial charge in [-0.15, -0.1) is 0 Å². The molecule has 160 valence electrons. The molecule has 8 nitrogen and oxygen atoms in total. The third-order valence-corrected chi connectivity index (χ3v) is 5.78. The highest BCUT2D eigenvalue weighted by atomic mass is 16.3. The molecule has 1 aliphatic rings. The van der Waals surface area contributed by atoms with Crippen LogP contribution in [0.5, 0.6) is 0 Å². The quantitative estimate of drug-likeness (QED) is 0.377. The van der Waals surface area contributed by atoms with Crippen LogP contribution in [-0.4, -0.2) is 47.6 Å². The van der Waals surface area contributed by atoms with E-state index in [0.29, 0.717) is 30.8 Å². The second kappa shape index (κ2) is 8.22. The molecule has 31 heavy (non-hydrogen) atoms. The summed E-state index contributed by atoms with van der Waals surface area (Å²) in [4.78, 5) is 31.7.